The molecule has 7 heteroatoms. The molecular weight excluding hydrogens is 437 g/mol. The van der Waals surface area contributed by atoms with E-state index in [1.165, 1.54) is 35.9 Å². The third kappa shape index (κ3) is 5.19. The highest BCUT2D eigenvalue weighted by atomic mass is 35.5. The summed E-state index contributed by atoms with van der Waals surface area (Å²) >= 11 is 12.1. The number of halogens is 2. The van der Waals surface area contributed by atoms with Gasteiger partial charge in [0.15, 0.2) is 5.75 Å². The third-order valence-corrected chi connectivity index (χ3v) is 5.57. The summed E-state index contributed by atoms with van der Waals surface area (Å²) in [5.41, 5.74) is 1.72. The summed E-state index contributed by atoms with van der Waals surface area (Å²) in [6.45, 7) is 4.25. The molecule has 0 bridgehead atoms. The van der Waals surface area contributed by atoms with E-state index in [2.05, 4.69) is 19.2 Å². The minimum absolute atomic E-state index is 0.00686. The lowest BCUT2D eigenvalue weighted by atomic mass is 9.98. The Morgan fingerprint density at radius 1 is 0.968 bits per heavy atom. The average Bonchev–Trinajstić information content (AvgIpc) is 2.76. The Morgan fingerprint density at radius 3 is 2.23 bits per heavy atom. The van der Waals surface area contributed by atoms with Crippen LogP contribution >= 0.6 is 23.2 Å². The molecule has 0 aliphatic heterocycles. The molecule has 0 fully saturated rings. The first-order valence-electron chi connectivity index (χ1n) is 9.71. The molecule has 5 nitrogen and oxygen atoms in total. The van der Waals surface area contributed by atoms with Gasteiger partial charge in [0.2, 0.25) is 0 Å². The van der Waals surface area contributed by atoms with E-state index in [0.29, 0.717) is 11.6 Å². The Balaban J connectivity index is 1.84. The molecule has 0 aliphatic rings. The van der Waals surface area contributed by atoms with Crippen LogP contribution in [0.15, 0.2) is 60.7 Å². The van der Waals surface area contributed by atoms with Gasteiger partial charge >= 0.3 is 5.97 Å². The number of esters is 1. The lowest BCUT2D eigenvalue weighted by molar-refractivity contribution is 0.0730. The molecule has 3 rings (SSSR count). The van der Waals surface area contributed by atoms with Crippen molar-refractivity contribution in [3.8, 4) is 11.5 Å². The predicted molar refractivity (Wildman–Crippen MR) is 123 cm³/mol. The number of amides is 1. The lowest BCUT2D eigenvalue weighted by Crippen LogP contribution is -2.16. The molecule has 0 radical (unpaired) electrons. The second-order valence-electron chi connectivity index (χ2n) is 7.03. The topological polar surface area (TPSA) is 75.6 Å². The van der Waals surface area contributed by atoms with Gasteiger partial charge in [-0.3, -0.25) is 4.79 Å². The van der Waals surface area contributed by atoms with E-state index in [-0.39, 0.29) is 26.9 Å². The zero-order valence-electron chi connectivity index (χ0n) is 17.0. The number of anilines is 1. The van der Waals surface area contributed by atoms with E-state index in [9.17, 15) is 14.7 Å². The van der Waals surface area contributed by atoms with Gasteiger partial charge < -0.3 is 15.2 Å². The number of carbonyl (C=O) groups excluding carboxylic acids is 2. The zero-order chi connectivity index (χ0) is 22.5. The molecular formula is C24H21Cl2NO4. The number of nitrogens with one attached hydrogen (secondary N) is 1. The molecule has 31 heavy (non-hydrogen) atoms. The number of para-hydroxylation sites is 2. The van der Waals surface area contributed by atoms with Gasteiger partial charge in [-0.2, -0.15) is 0 Å². The fourth-order valence-electron chi connectivity index (χ4n) is 2.95. The number of phenolic OH excluding ortho intramolecular Hbond substituents is 1. The first-order chi connectivity index (χ1) is 14.8. The van der Waals surface area contributed by atoms with Gasteiger partial charge in [-0.25, -0.2) is 4.79 Å². The first kappa shape index (κ1) is 22.7. The number of aromatic hydroxyl groups is 1. The molecule has 1 amide bonds. The summed E-state index contributed by atoms with van der Waals surface area (Å²) in [6, 6.07) is 16.4. The van der Waals surface area contributed by atoms with Crippen molar-refractivity contribution in [2.24, 2.45) is 0 Å². The quantitative estimate of drug-likeness (QED) is 0.319. The summed E-state index contributed by atoms with van der Waals surface area (Å²) in [5, 5.41) is 12.9. The molecule has 1 unspecified atom stereocenters. The van der Waals surface area contributed by atoms with E-state index in [1.54, 1.807) is 6.07 Å². The number of benzene rings is 3. The Kier molecular flexibility index (Phi) is 7.21. The molecule has 0 aliphatic carbocycles. The highest BCUT2D eigenvalue weighted by molar-refractivity contribution is 6.33. The van der Waals surface area contributed by atoms with Crippen LogP contribution in [0.5, 0.6) is 11.5 Å². The van der Waals surface area contributed by atoms with Crippen LogP contribution in [0.4, 0.5) is 5.69 Å². The molecule has 0 heterocycles. The number of hydrogen-bond donors (Lipinski definition) is 2. The predicted octanol–water partition coefficient (Wildman–Crippen LogP) is 6.68. The Labute approximate surface area is 190 Å². The van der Waals surface area contributed by atoms with Gasteiger partial charge in [-0.05, 0) is 54.3 Å². The largest absolute Gasteiger partial charge is 0.505 e. The normalized spacial score (nSPS) is 11.6. The molecule has 1 atom stereocenters. The van der Waals surface area contributed by atoms with E-state index >= 15 is 0 Å². The molecule has 0 saturated heterocycles. The maximum atomic E-state index is 12.9. The molecule has 2 N–H and O–H groups in total. The van der Waals surface area contributed by atoms with E-state index in [0.717, 1.165) is 6.42 Å². The van der Waals surface area contributed by atoms with Crippen molar-refractivity contribution in [2.45, 2.75) is 26.2 Å². The van der Waals surface area contributed by atoms with E-state index < -0.39 is 17.6 Å². The fraction of sp³-hybridized carbons (Fsp3) is 0.167. The van der Waals surface area contributed by atoms with Gasteiger partial charge in [0.05, 0.1) is 15.6 Å². The summed E-state index contributed by atoms with van der Waals surface area (Å²) in [7, 11) is 0. The van der Waals surface area contributed by atoms with Gasteiger partial charge in [0.1, 0.15) is 11.3 Å². The number of ether oxygens (including phenoxy) is 1. The van der Waals surface area contributed by atoms with Crippen molar-refractivity contribution in [1.82, 2.24) is 0 Å². The second kappa shape index (κ2) is 9.86. The molecule has 0 saturated carbocycles. The lowest BCUT2D eigenvalue weighted by Gasteiger charge is -2.14. The van der Waals surface area contributed by atoms with Gasteiger partial charge in [-0.1, -0.05) is 61.3 Å². The van der Waals surface area contributed by atoms with Crippen molar-refractivity contribution < 1.29 is 19.4 Å². The number of phenols is 1. The minimum atomic E-state index is -0.889. The third-order valence-electron chi connectivity index (χ3n) is 4.96. The van der Waals surface area contributed by atoms with Crippen molar-refractivity contribution in [1.29, 1.82) is 0 Å². The standard InChI is InChI=1S/C24H21Cl2NO4/c1-3-14(2)15-10-12-16(13-11-15)27-23(29)18-7-5-9-20(26)22(18)31-24(30)17-6-4-8-19(25)21(17)28/h4-14,28H,3H2,1-2H3,(H,27,29). The van der Waals surface area contributed by atoms with Gasteiger partial charge in [0, 0.05) is 5.69 Å². The second-order valence-corrected chi connectivity index (χ2v) is 7.84. The maximum Gasteiger partial charge on any atom is 0.347 e. The number of rotatable bonds is 6. The molecule has 3 aromatic carbocycles. The SMILES string of the molecule is CCC(C)c1ccc(NC(=O)c2cccc(Cl)c2OC(=O)c2cccc(Cl)c2O)cc1. The number of hydrogen-bond acceptors (Lipinski definition) is 4. The van der Waals surface area contributed by atoms with Crippen LogP contribution in [0, 0.1) is 0 Å². The van der Waals surface area contributed by atoms with Crippen LogP contribution in [-0.4, -0.2) is 17.0 Å². The van der Waals surface area contributed by atoms with E-state index in [4.69, 9.17) is 27.9 Å². The van der Waals surface area contributed by atoms with Crippen LogP contribution in [0.2, 0.25) is 10.0 Å². The van der Waals surface area contributed by atoms with Crippen LogP contribution < -0.4 is 10.1 Å². The van der Waals surface area contributed by atoms with E-state index in [1.807, 2.05) is 24.3 Å². The molecule has 0 aromatic heterocycles. The van der Waals surface area contributed by atoms with Crippen LogP contribution in [0.25, 0.3) is 0 Å². The smallest absolute Gasteiger partial charge is 0.347 e. The highest BCUT2D eigenvalue weighted by Crippen LogP contribution is 2.33. The summed E-state index contributed by atoms with van der Waals surface area (Å²) in [4.78, 5) is 25.4. The van der Waals surface area contributed by atoms with Crippen molar-refractivity contribution in [2.75, 3.05) is 5.32 Å². The minimum Gasteiger partial charge on any atom is -0.505 e. The Bertz CT molecular complexity index is 1110. The van der Waals surface area contributed by atoms with Crippen LogP contribution in [0.1, 0.15) is 52.5 Å². The van der Waals surface area contributed by atoms with Crippen molar-refractivity contribution in [3.05, 3.63) is 87.4 Å². The van der Waals surface area contributed by atoms with Crippen LogP contribution in [-0.2, 0) is 0 Å². The summed E-state index contributed by atoms with van der Waals surface area (Å²) < 4.78 is 5.37. The Hall–Kier alpha value is -3.02. The zero-order valence-corrected chi connectivity index (χ0v) is 18.5. The average molecular weight is 458 g/mol. The number of carbonyl (C=O) groups is 2. The van der Waals surface area contributed by atoms with Crippen molar-refractivity contribution in [3.63, 3.8) is 0 Å². The summed E-state index contributed by atoms with van der Waals surface area (Å²) in [6.07, 6.45) is 1.02. The fourth-order valence-corrected chi connectivity index (χ4v) is 3.34. The highest BCUT2D eigenvalue weighted by Gasteiger charge is 2.22. The summed E-state index contributed by atoms with van der Waals surface area (Å²) in [5.74, 6) is -1.47. The Morgan fingerprint density at radius 2 is 1.58 bits per heavy atom. The first-order valence-corrected chi connectivity index (χ1v) is 10.5. The van der Waals surface area contributed by atoms with Gasteiger partial charge in [-0.15, -0.1) is 0 Å². The van der Waals surface area contributed by atoms with Gasteiger partial charge in [0.25, 0.3) is 5.91 Å². The van der Waals surface area contributed by atoms with Crippen molar-refractivity contribution >= 4 is 40.8 Å². The molecule has 160 valence electrons. The van der Waals surface area contributed by atoms with Crippen LogP contribution in [0.3, 0.4) is 0 Å². The molecule has 0 spiro atoms. The molecule has 3 aromatic rings. The monoisotopic (exact) mass is 457 g/mol. The maximum absolute atomic E-state index is 12.9.